The van der Waals surface area contributed by atoms with Gasteiger partial charge in [0.25, 0.3) is 0 Å². The smallest absolute Gasteiger partial charge is 0.231 e. The summed E-state index contributed by atoms with van der Waals surface area (Å²) in [5, 5.41) is 10.7. The number of carbonyl (C=O) groups is 1. The molecule has 1 atom stereocenters. The van der Waals surface area contributed by atoms with Crippen molar-refractivity contribution in [2.24, 2.45) is 5.92 Å². The summed E-state index contributed by atoms with van der Waals surface area (Å²) in [5.41, 5.74) is 2.01. The highest BCUT2D eigenvalue weighted by Crippen LogP contribution is 2.40. The molecule has 3 aliphatic rings. The summed E-state index contributed by atoms with van der Waals surface area (Å²) in [6.45, 7) is 2.66. The average Bonchev–Trinajstić information content (AvgIpc) is 3.48. The van der Waals surface area contributed by atoms with E-state index in [0.717, 1.165) is 23.5 Å². The molecule has 2 aliphatic heterocycles. The Kier molecular flexibility index (Phi) is 5.59. The van der Waals surface area contributed by atoms with E-state index in [2.05, 4.69) is 4.90 Å². The second kappa shape index (κ2) is 8.67. The second-order valence-corrected chi connectivity index (χ2v) is 8.53. The number of fused-ring (bicyclic) bond motifs is 2. The summed E-state index contributed by atoms with van der Waals surface area (Å²) in [7, 11) is 0. The van der Waals surface area contributed by atoms with Crippen molar-refractivity contribution in [2.45, 2.75) is 31.9 Å². The Labute approximate surface area is 182 Å². The van der Waals surface area contributed by atoms with Gasteiger partial charge < -0.3 is 29.1 Å². The third-order valence-electron chi connectivity index (χ3n) is 6.02. The highest BCUT2D eigenvalue weighted by Gasteiger charge is 2.31. The zero-order chi connectivity index (χ0) is 21.2. The van der Waals surface area contributed by atoms with Gasteiger partial charge in [-0.2, -0.15) is 0 Å². The highest BCUT2D eigenvalue weighted by molar-refractivity contribution is 5.78. The predicted octanol–water partition coefficient (Wildman–Crippen LogP) is 2.80. The molecule has 164 valence electrons. The summed E-state index contributed by atoms with van der Waals surface area (Å²) < 4.78 is 16.9. The van der Waals surface area contributed by atoms with Crippen molar-refractivity contribution in [2.75, 3.05) is 37.9 Å². The van der Waals surface area contributed by atoms with Crippen LogP contribution in [0.4, 0.5) is 5.69 Å². The molecule has 0 aromatic heterocycles. The van der Waals surface area contributed by atoms with Gasteiger partial charge in [-0.25, -0.2) is 0 Å². The largest absolute Gasteiger partial charge is 0.491 e. The van der Waals surface area contributed by atoms with Crippen LogP contribution in [0.25, 0.3) is 0 Å². The average molecular weight is 424 g/mol. The number of amides is 1. The van der Waals surface area contributed by atoms with Crippen molar-refractivity contribution in [3.05, 3.63) is 48.0 Å². The Hall–Kier alpha value is -2.93. The van der Waals surface area contributed by atoms with Crippen molar-refractivity contribution in [1.82, 2.24) is 4.90 Å². The monoisotopic (exact) mass is 424 g/mol. The first-order valence-corrected chi connectivity index (χ1v) is 11.0. The zero-order valence-electron chi connectivity index (χ0n) is 17.5. The lowest BCUT2D eigenvalue weighted by Crippen LogP contribution is -2.42. The summed E-state index contributed by atoms with van der Waals surface area (Å²) in [6, 6.07) is 13.4. The van der Waals surface area contributed by atoms with Gasteiger partial charge in [0.2, 0.25) is 12.7 Å². The SMILES string of the molecule is O=C1CCN(CC(O)COc2ccccc2)c2cc3c(cc2CN1CC1CC1)OCO3. The van der Waals surface area contributed by atoms with Crippen LogP contribution in [0.2, 0.25) is 0 Å². The number of anilines is 1. The molecule has 1 aliphatic carbocycles. The molecule has 0 spiro atoms. The van der Waals surface area contributed by atoms with Gasteiger partial charge in [0.15, 0.2) is 11.5 Å². The number of hydrogen-bond acceptors (Lipinski definition) is 6. The molecule has 2 aromatic carbocycles. The van der Waals surface area contributed by atoms with Gasteiger partial charge in [-0.1, -0.05) is 18.2 Å². The number of hydrogen-bond donors (Lipinski definition) is 1. The molecule has 1 unspecified atom stereocenters. The fourth-order valence-electron chi connectivity index (χ4n) is 4.18. The molecular formula is C24H28N2O5. The first-order valence-electron chi connectivity index (χ1n) is 11.0. The standard InChI is InChI=1S/C24H28N2O5/c27-19(15-29-20-4-2-1-3-5-20)14-25-9-8-24(28)26(12-17-6-7-17)13-18-10-22-23(11-21(18)25)31-16-30-22/h1-5,10-11,17,19,27H,6-9,12-16H2. The van der Waals surface area contributed by atoms with E-state index in [9.17, 15) is 9.90 Å². The Bertz CT molecular complexity index is 931. The summed E-state index contributed by atoms with van der Waals surface area (Å²) in [5.74, 6) is 2.94. The number of carbonyl (C=O) groups excluding carboxylic acids is 1. The van der Waals surface area contributed by atoms with Crippen LogP contribution in [0, 0.1) is 5.92 Å². The van der Waals surface area contributed by atoms with Gasteiger partial charge in [0.1, 0.15) is 18.5 Å². The van der Waals surface area contributed by atoms with Crippen LogP contribution in [0.5, 0.6) is 17.2 Å². The van der Waals surface area contributed by atoms with Crippen LogP contribution in [0.3, 0.4) is 0 Å². The van der Waals surface area contributed by atoms with Gasteiger partial charge in [0, 0.05) is 44.4 Å². The van der Waals surface area contributed by atoms with Crippen molar-refractivity contribution in [1.29, 1.82) is 0 Å². The number of aliphatic hydroxyl groups excluding tert-OH is 1. The van der Waals surface area contributed by atoms with E-state index in [-0.39, 0.29) is 19.3 Å². The quantitative estimate of drug-likeness (QED) is 0.737. The Morgan fingerprint density at radius 2 is 1.87 bits per heavy atom. The molecule has 2 aromatic rings. The first-order chi connectivity index (χ1) is 15.2. The van der Waals surface area contributed by atoms with Crippen LogP contribution in [-0.2, 0) is 11.3 Å². The highest BCUT2D eigenvalue weighted by atomic mass is 16.7. The predicted molar refractivity (Wildman–Crippen MR) is 115 cm³/mol. The Balaban J connectivity index is 1.35. The lowest BCUT2D eigenvalue weighted by Gasteiger charge is -2.34. The van der Waals surface area contributed by atoms with Crippen molar-refractivity contribution in [3.63, 3.8) is 0 Å². The number of nitrogens with zero attached hydrogens (tertiary/aromatic N) is 2. The van der Waals surface area contributed by atoms with Crippen LogP contribution in [0.1, 0.15) is 24.8 Å². The van der Waals surface area contributed by atoms with E-state index in [0.29, 0.717) is 43.5 Å². The summed E-state index contributed by atoms with van der Waals surface area (Å²) >= 11 is 0. The number of β-amino-alcohol motifs (C(OH)–C–C–N with tert-alkyl or cyclic N) is 1. The molecule has 0 bridgehead atoms. The molecule has 1 N–H and O–H groups in total. The molecule has 2 heterocycles. The Morgan fingerprint density at radius 1 is 1.10 bits per heavy atom. The molecule has 5 rings (SSSR count). The number of benzene rings is 2. The van der Waals surface area contributed by atoms with Crippen LogP contribution in [-0.4, -0.2) is 55.1 Å². The summed E-state index contributed by atoms with van der Waals surface area (Å²) in [6.07, 6.45) is 2.14. The maximum atomic E-state index is 12.9. The van der Waals surface area contributed by atoms with Crippen LogP contribution < -0.4 is 19.1 Å². The van der Waals surface area contributed by atoms with Gasteiger partial charge in [-0.05, 0) is 42.5 Å². The molecule has 0 saturated heterocycles. The van der Waals surface area contributed by atoms with Crippen molar-refractivity contribution in [3.8, 4) is 17.2 Å². The maximum absolute atomic E-state index is 12.9. The molecule has 1 fully saturated rings. The van der Waals surface area contributed by atoms with E-state index in [4.69, 9.17) is 14.2 Å². The third kappa shape index (κ3) is 4.71. The van der Waals surface area contributed by atoms with Gasteiger partial charge >= 0.3 is 0 Å². The molecule has 0 radical (unpaired) electrons. The number of para-hydroxylation sites is 1. The molecule has 1 amide bonds. The minimum Gasteiger partial charge on any atom is -0.491 e. The normalized spacial score (nSPS) is 18.9. The molecule has 7 heteroatoms. The second-order valence-electron chi connectivity index (χ2n) is 8.53. The van der Waals surface area contributed by atoms with E-state index in [1.165, 1.54) is 12.8 Å². The fraction of sp³-hybridized carbons (Fsp3) is 0.458. The molecule has 31 heavy (non-hydrogen) atoms. The minimum atomic E-state index is -0.699. The fourth-order valence-corrected chi connectivity index (χ4v) is 4.18. The number of aliphatic hydroxyl groups is 1. The number of rotatable bonds is 7. The first kappa shape index (κ1) is 20.0. The lowest BCUT2D eigenvalue weighted by atomic mass is 10.1. The topological polar surface area (TPSA) is 71.5 Å². The van der Waals surface area contributed by atoms with Crippen LogP contribution >= 0.6 is 0 Å². The molecule has 7 nitrogen and oxygen atoms in total. The minimum absolute atomic E-state index is 0.162. The third-order valence-corrected chi connectivity index (χ3v) is 6.02. The van der Waals surface area contributed by atoms with E-state index in [1.54, 1.807) is 0 Å². The van der Waals surface area contributed by atoms with E-state index in [1.807, 2.05) is 47.4 Å². The lowest BCUT2D eigenvalue weighted by molar-refractivity contribution is -0.132. The maximum Gasteiger partial charge on any atom is 0.231 e. The van der Waals surface area contributed by atoms with Gasteiger partial charge in [-0.15, -0.1) is 0 Å². The van der Waals surface area contributed by atoms with Gasteiger partial charge in [-0.3, -0.25) is 4.79 Å². The van der Waals surface area contributed by atoms with E-state index >= 15 is 0 Å². The van der Waals surface area contributed by atoms with E-state index < -0.39 is 6.10 Å². The van der Waals surface area contributed by atoms with Gasteiger partial charge in [0.05, 0.1) is 0 Å². The van der Waals surface area contributed by atoms with Crippen molar-refractivity contribution < 1.29 is 24.1 Å². The zero-order valence-corrected chi connectivity index (χ0v) is 17.5. The van der Waals surface area contributed by atoms with Crippen molar-refractivity contribution >= 4 is 11.6 Å². The molecular weight excluding hydrogens is 396 g/mol. The Morgan fingerprint density at radius 3 is 2.65 bits per heavy atom. The number of ether oxygens (including phenoxy) is 3. The van der Waals surface area contributed by atoms with Crippen LogP contribution in [0.15, 0.2) is 42.5 Å². The molecule has 1 saturated carbocycles. The summed E-state index contributed by atoms with van der Waals surface area (Å²) in [4.78, 5) is 16.9.